The minimum absolute atomic E-state index is 0.0636. The molecule has 0 atom stereocenters. The number of carbonyl (C=O) groups excluding carboxylic acids is 1. The van der Waals surface area contributed by atoms with Crippen molar-refractivity contribution in [3.63, 3.8) is 0 Å². The number of rotatable bonds is 6. The van der Waals surface area contributed by atoms with Crippen LogP contribution >= 0.6 is 46.1 Å². The van der Waals surface area contributed by atoms with Crippen LogP contribution in [0, 0.1) is 0 Å². The highest BCUT2D eigenvalue weighted by Crippen LogP contribution is 2.41. The molecule has 2 aromatic carbocycles. The van der Waals surface area contributed by atoms with E-state index < -0.39 is 11.9 Å². The number of thiophene rings is 1. The van der Waals surface area contributed by atoms with E-state index in [9.17, 15) is 9.59 Å². The summed E-state index contributed by atoms with van der Waals surface area (Å²) in [6.45, 7) is 0. The number of hydrogen-bond acceptors (Lipinski definition) is 3. The van der Waals surface area contributed by atoms with Gasteiger partial charge in [-0.05, 0) is 24.3 Å². The molecule has 0 aliphatic carbocycles. The van der Waals surface area contributed by atoms with Gasteiger partial charge < -0.3 is 5.11 Å². The lowest BCUT2D eigenvalue weighted by molar-refractivity contribution is -0.136. The van der Waals surface area contributed by atoms with E-state index in [0.717, 1.165) is 11.3 Å². The van der Waals surface area contributed by atoms with Crippen molar-refractivity contribution in [2.24, 2.45) is 0 Å². The van der Waals surface area contributed by atoms with Crippen molar-refractivity contribution < 1.29 is 14.7 Å². The minimum Gasteiger partial charge on any atom is -0.481 e. The first-order valence-corrected chi connectivity index (χ1v) is 11.2. The van der Waals surface area contributed by atoms with Crippen LogP contribution in [-0.2, 0) is 11.2 Å². The smallest absolute Gasteiger partial charge is 0.303 e. The largest absolute Gasteiger partial charge is 0.481 e. The molecule has 1 amide bonds. The van der Waals surface area contributed by atoms with Crippen LogP contribution in [0.2, 0.25) is 15.1 Å². The third kappa shape index (κ3) is 4.43. The molecule has 2 N–H and O–H groups in total. The van der Waals surface area contributed by atoms with Crippen LogP contribution in [0.4, 0.5) is 0 Å². The third-order valence-corrected chi connectivity index (χ3v) is 6.84. The molecule has 0 radical (unpaired) electrons. The van der Waals surface area contributed by atoms with E-state index in [-0.39, 0.29) is 22.7 Å². The lowest BCUT2D eigenvalue weighted by atomic mass is 10.2. The number of nitrogens with one attached hydrogen (secondary N) is 1. The van der Waals surface area contributed by atoms with Gasteiger partial charge in [-0.1, -0.05) is 65.1 Å². The molecule has 0 bridgehead atoms. The lowest BCUT2D eigenvalue weighted by Crippen LogP contribution is -2.25. The van der Waals surface area contributed by atoms with Gasteiger partial charge in [0.2, 0.25) is 0 Å². The van der Waals surface area contributed by atoms with Crippen LogP contribution in [0.1, 0.15) is 21.8 Å². The Balaban J connectivity index is 1.74. The van der Waals surface area contributed by atoms with Crippen molar-refractivity contribution >= 4 is 68.1 Å². The Bertz CT molecular complexity index is 1300. The molecule has 0 unspecified atom stereocenters. The van der Waals surface area contributed by atoms with Crippen LogP contribution < -0.4 is 5.43 Å². The summed E-state index contributed by atoms with van der Waals surface area (Å²) in [5.41, 5.74) is 5.13. The van der Waals surface area contributed by atoms with Crippen molar-refractivity contribution in [2.75, 3.05) is 5.43 Å². The van der Waals surface area contributed by atoms with E-state index in [2.05, 4.69) is 5.43 Å². The normalized spacial score (nSPS) is 11.1. The van der Waals surface area contributed by atoms with Crippen LogP contribution in [0.3, 0.4) is 0 Å². The van der Waals surface area contributed by atoms with E-state index in [1.165, 1.54) is 11.3 Å². The first kappa shape index (κ1) is 21.7. The number of benzene rings is 2. The summed E-state index contributed by atoms with van der Waals surface area (Å²) >= 11 is 20.0. The van der Waals surface area contributed by atoms with Gasteiger partial charge in [0.1, 0.15) is 4.88 Å². The highest BCUT2D eigenvalue weighted by molar-refractivity contribution is 7.21. The summed E-state index contributed by atoms with van der Waals surface area (Å²) < 4.78 is 2.31. The highest BCUT2D eigenvalue weighted by Gasteiger charge is 2.22. The molecule has 4 rings (SSSR count). The zero-order chi connectivity index (χ0) is 22.1. The van der Waals surface area contributed by atoms with E-state index >= 15 is 0 Å². The van der Waals surface area contributed by atoms with Gasteiger partial charge in [-0.25, -0.2) is 0 Å². The Morgan fingerprint density at radius 3 is 2.48 bits per heavy atom. The second-order valence-electron chi connectivity index (χ2n) is 6.75. The van der Waals surface area contributed by atoms with Gasteiger partial charge in [0, 0.05) is 32.8 Å². The Morgan fingerprint density at radius 1 is 1.03 bits per heavy atom. The molecule has 0 aliphatic heterocycles. The minimum atomic E-state index is -0.917. The number of fused-ring (bicyclic) bond motifs is 1. The molecular formula is C22H15Cl3N2O3S. The Kier molecular flexibility index (Phi) is 6.25. The zero-order valence-electron chi connectivity index (χ0n) is 15.9. The maximum Gasteiger partial charge on any atom is 0.303 e. The summed E-state index contributed by atoms with van der Waals surface area (Å²) in [6, 6.07) is 16.4. The van der Waals surface area contributed by atoms with Crippen molar-refractivity contribution in [1.82, 2.24) is 4.68 Å². The molecule has 2 aromatic heterocycles. The number of aryl methyl sites for hydroxylation is 1. The quantitative estimate of drug-likeness (QED) is 0.313. The highest BCUT2D eigenvalue weighted by atomic mass is 35.5. The average molecular weight is 494 g/mol. The standard InChI is InChI=1S/C22H15Cl3N2O3S/c23-13-10-15(24)19-17(11-13)31-21(20(19)25)22(30)26-27-14(7-9-18(28)29)6-8-16(27)12-4-2-1-3-5-12/h1-6,8,10-11H,7,9H2,(H,26,30)(H,28,29). The molecule has 0 fully saturated rings. The summed E-state index contributed by atoms with van der Waals surface area (Å²) in [4.78, 5) is 24.5. The van der Waals surface area contributed by atoms with Gasteiger partial charge in [0.05, 0.1) is 22.2 Å². The molecule has 4 aromatic rings. The molecule has 31 heavy (non-hydrogen) atoms. The van der Waals surface area contributed by atoms with Crippen LogP contribution in [0.25, 0.3) is 21.3 Å². The summed E-state index contributed by atoms with van der Waals surface area (Å²) in [7, 11) is 0. The van der Waals surface area contributed by atoms with E-state index in [0.29, 0.717) is 25.8 Å². The topological polar surface area (TPSA) is 71.3 Å². The third-order valence-electron chi connectivity index (χ3n) is 4.70. The number of carboxylic acid groups (broad SMARTS) is 1. The van der Waals surface area contributed by atoms with Crippen LogP contribution in [-0.4, -0.2) is 21.7 Å². The van der Waals surface area contributed by atoms with Crippen molar-refractivity contribution in [1.29, 1.82) is 0 Å². The lowest BCUT2D eigenvalue weighted by Gasteiger charge is -2.14. The number of carboxylic acids is 1. The number of amides is 1. The molecule has 0 saturated heterocycles. The van der Waals surface area contributed by atoms with Crippen molar-refractivity contribution in [3.05, 3.63) is 80.2 Å². The summed E-state index contributed by atoms with van der Waals surface area (Å²) in [6.07, 6.45) is 0.190. The number of hydrogen-bond donors (Lipinski definition) is 2. The molecule has 0 aliphatic rings. The number of aliphatic carboxylic acids is 1. The summed E-state index contributed by atoms with van der Waals surface area (Å²) in [5, 5.41) is 10.7. The SMILES string of the molecule is O=C(O)CCc1ccc(-c2ccccc2)n1NC(=O)c1sc2cc(Cl)cc(Cl)c2c1Cl. The molecular weight excluding hydrogens is 479 g/mol. The molecule has 5 nitrogen and oxygen atoms in total. The van der Waals surface area contributed by atoms with Gasteiger partial charge >= 0.3 is 5.97 Å². The second kappa shape index (κ2) is 8.93. The van der Waals surface area contributed by atoms with Crippen LogP contribution in [0.5, 0.6) is 0 Å². The Labute approximate surface area is 196 Å². The van der Waals surface area contributed by atoms with E-state index in [4.69, 9.17) is 39.9 Å². The van der Waals surface area contributed by atoms with Gasteiger partial charge in [-0.15, -0.1) is 11.3 Å². The maximum atomic E-state index is 13.2. The predicted molar refractivity (Wildman–Crippen MR) is 126 cm³/mol. The van der Waals surface area contributed by atoms with E-state index in [1.807, 2.05) is 36.4 Å². The molecule has 0 spiro atoms. The van der Waals surface area contributed by atoms with Crippen molar-refractivity contribution in [2.45, 2.75) is 12.8 Å². The fraction of sp³-hybridized carbons (Fsp3) is 0.0909. The van der Waals surface area contributed by atoms with Gasteiger partial charge in [-0.3, -0.25) is 19.7 Å². The summed E-state index contributed by atoms with van der Waals surface area (Å²) in [5.74, 6) is -1.34. The molecule has 2 heterocycles. The zero-order valence-corrected chi connectivity index (χ0v) is 18.9. The van der Waals surface area contributed by atoms with Gasteiger partial charge in [0.15, 0.2) is 0 Å². The first-order valence-electron chi connectivity index (χ1n) is 9.21. The fourth-order valence-corrected chi connectivity index (χ4v) is 5.55. The maximum absolute atomic E-state index is 13.2. The van der Waals surface area contributed by atoms with Crippen LogP contribution in [0.15, 0.2) is 54.6 Å². The Morgan fingerprint density at radius 2 is 1.77 bits per heavy atom. The predicted octanol–water partition coefficient (Wildman–Crippen LogP) is 6.73. The first-order chi connectivity index (χ1) is 14.8. The van der Waals surface area contributed by atoms with Crippen molar-refractivity contribution in [3.8, 4) is 11.3 Å². The number of aromatic nitrogens is 1. The van der Waals surface area contributed by atoms with Gasteiger partial charge in [-0.2, -0.15) is 0 Å². The Hall–Kier alpha value is -2.51. The van der Waals surface area contributed by atoms with Gasteiger partial charge in [0.25, 0.3) is 5.91 Å². The molecule has 0 saturated carbocycles. The number of carbonyl (C=O) groups is 2. The second-order valence-corrected chi connectivity index (χ2v) is 9.03. The molecule has 158 valence electrons. The molecule has 9 heteroatoms. The fourth-order valence-electron chi connectivity index (χ4n) is 3.29. The number of nitrogens with zero attached hydrogens (tertiary/aromatic N) is 1. The number of halogens is 3. The monoisotopic (exact) mass is 492 g/mol. The average Bonchev–Trinajstić information content (AvgIpc) is 3.27. The van der Waals surface area contributed by atoms with E-state index in [1.54, 1.807) is 22.9 Å².